The van der Waals surface area contributed by atoms with Gasteiger partial charge in [-0.2, -0.15) is 5.10 Å². The zero-order chi connectivity index (χ0) is 23.5. The third-order valence-electron chi connectivity index (χ3n) is 5.43. The number of hydrazone groups is 1. The molecule has 6 nitrogen and oxygen atoms in total. The van der Waals surface area contributed by atoms with E-state index in [1.807, 2.05) is 78.9 Å². The van der Waals surface area contributed by atoms with Crippen LogP contribution in [0.4, 0.5) is 11.4 Å². The van der Waals surface area contributed by atoms with E-state index < -0.39 is 0 Å². The van der Waals surface area contributed by atoms with Gasteiger partial charge in [0.2, 0.25) is 5.91 Å². The van der Waals surface area contributed by atoms with Gasteiger partial charge in [-0.05, 0) is 42.0 Å². The lowest BCUT2D eigenvalue weighted by atomic mass is 9.98. The van der Waals surface area contributed by atoms with Gasteiger partial charge in [0.25, 0.3) is 5.91 Å². The average molecular weight is 467 g/mol. The van der Waals surface area contributed by atoms with Crippen LogP contribution in [0.2, 0.25) is 0 Å². The summed E-state index contributed by atoms with van der Waals surface area (Å²) in [6, 6.07) is 25.7. The molecule has 0 atom stereocenters. The second-order valence-electron chi connectivity index (χ2n) is 7.94. The Bertz CT molecular complexity index is 1360. The first kappa shape index (κ1) is 21.7. The molecule has 2 aliphatic heterocycles. The number of nitrogens with one attached hydrogen (secondary N) is 3. The van der Waals surface area contributed by atoms with E-state index in [1.165, 1.54) is 6.92 Å². The SMILES string of the molecule is CC(=O)Nc1ccc(SC2=C/C(=C3/C(=O)NN=C3Cc3ccccc3)Nc3ccccc32)cc1. The maximum absolute atomic E-state index is 12.8. The van der Waals surface area contributed by atoms with E-state index in [4.69, 9.17) is 0 Å². The Morgan fingerprint density at radius 2 is 1.71 bits per heavy atom. The molecule has 0 aliphatic carbocycles. The summed E-state index contributed by atoms with van der Waals surface area (Å²) in [5.41, 5.74) is 8.44. The van der Waals surface area contributed by atoms with E-state index in [0.717, 1.165) is 38.0 Å². The van der Waals surface area contributed by atoms with Crippen molar-refractivity contribution >= 4 is 45.6 Å². The van der Waals surface area contributed by atoms with Crippen molar-refractivity contribution in [2.45, 2.75) is 18.2 Å². The van der Waals surface area contributed by atoms with Gasteiger partial charge in [0.05, 0.1) is 17.0 Å². The van der Waals surface area contributed by atoms with E-state index in [9.17, 15) is 9.59 Å². The molecule has 0 saturated carbocycles. The largest absolute Gasteiger partial charge is 0.354 e. The van der Waals surface area contributed by atoms with Crippen molar-refractivity contribution in [2.24, 2.45) is 5.10 Å². The highest BCUT2D eigenvalue weighted by atomic mass is 32.2. The van der Waals surface area contributed by atoms with Crippen LogP contribution in [0.15, 0.2) is 106 Å². The van der Waals surface area contributed by atoms with Gasteiger partial charge in [-0.3, -0.25) is 9.59 Å². The van der Waals surface area contributed by atoms with Crippen molar-refractivity contribution in [3.05, 3.63) is 107 Å². The quantitative estimate of drug-likeness (QED) is 0.452. The van der Waals surface area contributed by atoms with Gasteiger partial charge in [0, 0.05) is 40.1 Å². The molecular weight excluding hydrogens is 444 g/mol. The molecule has 5 rings (SSSR count). The first-order chi connectivity index (χ1) is 16.6. The lowest BCUT2D eigenvalue weighted by molar-refractivity contribution is -0.116. The Morgan fingerprint density at radius 3 is 2.47 bits per heavy atom. The molecule has 0 spiro atoms. The van der Waals surface area contributed by atoms with E-state index in [-0.39, 0.29) is 11.8 Å². The fraction of sp³-hybridized carbons (Fsp3) is 0.0741. The van der Waals surface area contributed by atoms with Crippen LogP contribution in [0.25, 0.3) is 4.91 Å². The number of hydrogen-bond donors (Lipinski definition) is 3. The Kier molecular flexibility index (Phi) is 6.01. The molecule has 7 heteroatoms. The van der Waals surface area contributed by atoms with E-state index in [2.05, 4.69) is 27.2 Å². The van der Waals surface area contributed by atoms with Crippen LogP contribution in [0.1, 0.15) is 18.1 Å². The highest BCUT2D eigenvalue weighted by Gasteiger charge is 2.28. The van der Waals surface area contributed by atoms with E-state index in [0.29, 0.717) is 17.7 Å². The maximum atomic E-state index is 12.8. The number of benzene rings is 3. The maximum Gasteiger partial charge on any atom is 0.275 e. The predicted molar refractivity (Wildman–Crippen MR) is 137 cm³/mol. The van der Waals surface area contributed by atoms with E-state index in [1.54, 1.807) is 11.8 Å². The number of amides is 2. The van der Waals surface area contributed by atoms with Gasteiger partial charge in [-0.25, -0.2) is 5.43 Å². The molecule has 0 radical (unpaired) electrons. The zero-order valence-corrected chi connectivity index (χ0v) is 19.3. The number of hydrogen-bond acceptors (Lipinski definition) is 5. The zero-order valence-electron chi connectivity index (χ0n) is 18.5. The van der Waals surface area contributed by atoms with Crippen molar-refractivity contribution < 1.29 is 9.59 Å². The minimum absolute atomic E-state index is 0.102. The lowest BCUT2D eigenvalue weighted by Gasteiger charge is -2.22. The second-order valence-corrected chi connectivity index (χ2v) is 9.05. The third kappa shape index (κ3) is 4.65. The van der Waals surface area contributed by atoms with Crippen LogP contribution in [-0.2, 0) is 16.0 Å². The van der Waals surface area contributed by atoms with Gasteiger partial charge < -0.3 is 10.6 Å². The molecule has 168 valence electrons. The molecule has 34 heavy (non-hydrogen) atoms. The van der Waals surface area contributed by atoms with E-state index >= 15 is 0 Å². The third-order valence-corrected chi connectivity index (χ3v) is 6.50. The lowest BCUT2D eigenvalue weighted by Crippen LogP contribution is -2.20. The first-order valence-corrected chi connectivity index (χ1v) is 11.7. The molecule has 0 saturated heterocycles. The Hall–Kier alpha value is -4.10. The molecule has 0 fully saturated rings. The summed E-state index contributed by atoms with van der Waals surface area (Å²) in [5, 5.41) is 10.5. The van der Waals surface area contributed by atoms with Gasteiger partial charge in [-0.1, -0.05) is 60.3 Å². The number of allylic oxidation sites excluding steroid dienone is 1. The molecule has 2 aliphatic rings. The number of nitrogens with zero attached hydrogens (tertiary/aromatic N) is 1. The van der Waals surface area contributed by atoms with Crippen LogP contribution in [-0.4, -0.2) is 17.5 Å². The predicted octanol–water partition coefficient (Wildman–Crippen LogP) is 5.19. The monoisotopic (exact) mass is 466 g/mol. The molecule has 2 heterocycles. The number of rotatable bonds is 5. The van der Waals surface area contributed by atoms with Gasteiger partial charge >= 0.3 is 0 Å². The van der Waals surface area contributed by atoms with Crippen LogP contribution < -0.4 is 16.1 Å². The number of carbonyl (C=O) groups excluding carboxylic acids is 2. The van der Waals surface area contributed by atoms with Crippen molar-refractivity contribution in [1.82, 2.24) is 5.43 Å². The Labute approximate surface area is 201 Å². The number of carbonyl (C=O) groups is 2. The summed E-state index contributed by atoms with van der Waals surface area (Å²) >= 11 is 1.61. The van der Waals surface area contributed by atoms with Crippen molar-refractivity contribution in [2.75, 3.05) is 10.6 Å². The average Bonchev–Trinajstić information content (AvgIpc) is 3.20. The van der Waals surface area contributed by atoms with Crippen LogP contribution in [0.3, 0.4) is 0 Å². The summed E-state index contributed by atoms with van der Waals surface area (Å²) in [7, 11) is 0. The second kappa shape index (κ2) is 9.41. The molecule has 0 unspecified atom stereocenters. The topological polar surface area (TPSA) is 82.6 Å². The van der Waals surface area contributed by atoms with Gasteiger partial charge in [0.1, 0.15) is 0 Å². The summed E-state index contributed by atoms with van der Waals surface area (Å²) in [4.78, 5) is 26.1. The summed E-state index contributed by atoms with van der Waals surface area (Å²) in [5.74, 6) is -0.317. The number of para-hydroxylation sites is 1. The number of thioether (sulfide) groups is 1. The van der Waals surface area contributed by atoms with Crippen LogP contribution in [0, 0.1) is 0 Å². The standard InChI is InChI=1S/C27H22N4O2S/c1-17(32)28-19-11-13-20(14-12-19)34-25-16-23(29-22-10-6-5-9-21(22)25)26-24(30-31-27(26)33)15-18-7-3-2-4-8-18/h2-14,16,29H,15H2,1H3,(H,28,32)(H,31,33)/b26-23-. The highest BCUT2D eigenvalue weighted by Crippen LogP contribution is 2.42. The fourth-order valence-corrected chi connectivity index (χ4v) is 4.90. The molecule has 3 aromatic rings. The van der Waals surface area contributed by atoms with Crippen LogP contribution >= 0.6 is 11.8 Å². The molecular formula is C27H22N4O2S. The normalized spacial score (nSPS) is 16.7. The Balaban J connectivity index is 1.50. The van der Waals surface area contributed by atoms with Crippen molar-refractivity contribution in [3.8, 4) is 0 Å². The van der Waals surface area contributed by atoms with Crippen LogP contribution in [0.5, 0.6) is 0 Å². The summed E-state index contributed by atoms with van der Waals surface area (Å²) in [6.07, 6.45) is 2.57. The minimum Gasteiger partial charge on any atom is -0.354 e. The smallest absolute Gasteiger partial charge is 0.275 e. The molecule has 2 amide bonds. The molecule has 0 aromatic heterocycles. The molecule has 3 aromatic carbocycles. The fourth-order valence-electron chi connectivity index (χ4n) is 3.91. The van der Waals surface area contributed by atoms with Crippen molar-refractivity contribution in [1.29, 1.82) is 0 Å². The van der Waals surface area contributed by atoms with Crippen molar-refractivity contribution in [3.63, 3.8) is 0 Å². The Morgan fingerprint density at radius 1 is 0.971 bits per heavy atom. The number of fused-ring (bicyclic) bond motifs is 1. The summed E-state index contributed by atoms with van der Waals surface area (Å²) in [6.45, 7) is 1.49. The molecule has 0 bridgehead atoms. The highest BCUT2D eigenvalue weighted by molar-refractivity contribution is 8.08. The van der Waals surface area contributed by atoms with Gasteiger partial charge in [0.15, 0.2) is 0 Å². The molecule has 3 N–H and O–H groups in total. The minimum atomic E-state index is -0.215. The summed E-state index contributed by atoms with van der Waals surface area (Å²) < 4.78 is 0. The first-order valence-electron chi connectivity index (χ1n) is 10.9. The van der Waals surface area contributed by atoms with Gasteiger partial charge in [-0.15, -0.1) is 0 Å². The number of anilines is 2.